The van der Waals surface area contributed by atoms with E-state index in [1.807, 2.05) is 6.92 Å². The van der Waals surface area contributed by atoms with Gasteiger partial charge in [-0.05, 0) is 38.7 Å². The Morgan fingerprint density at radius 1 is 1.47 bits per heavy atom. The van der Waals surface area contributed by atoms with Crippen molar-refractivity contribution in [3.8, 4) is 6.07 Å². The van der Waals surface area contributed by atoms with E-state index in [4.69, 9.17) is 5.11 Å². The molecule has 100 valence electrons. The highest BCUT2D eigenvalue weighted by molar-refractivity contribution is 5.70. The van der Waals surface area contributed by atoms with Crippen molar-refractivity contribution < 1.29 is 9.90 Å². The van der Waals surface area contributed by atoms with Crippen LogP contribution in [0.25, 0.3) is 0 Å². The molecule has 19 heavy (non-hydrogen) atoms. The Morgan fingerprint density at radius 2 is 2.16 bits per heavy atom. The molecule has 1 aliphatic carbocycles. The predicted octanol–water partition coefficient (Wildman–Crippen LogP) is 1.77. The highest BCUT2D eigenvalue weighted by atomic mass is 16.4. The second-order valence-electron chi connectivity index (χ2n) is 5.08. The van der Waals surface area contributed by atoms with Crippen molar-refractivity contribution in [2.45, 2.75) is 45.1 Å². The summed E-state index contributed by atoms with van der Waals surface area (Å²) >= 11 is 0. The second-order valence-corrected chi connectivity index (χ2v) is 5.08. The van der Waals surface area contributed by atoms with Crippen molar-refractivity contribution in [3.05, 3.63) is 16.8 Å². The summed E-state index contributed by atoms with van der Waals surface area (Å²) in [4.78, 5) is 10.9. The number of nitrogens with zero attached hydrogens (tertiary/aromatic N) is 3. The maximum absolute atomic E-state index is 10.9. The molecule has 0 aliphatic heterocycles. The Balaban J connectivity index is 2.31. The van der Waals surface area contributed by atoms with Crippen LogP contribution >= 0.6 is 0 Å². The zero-order valence-corrected chi connectivity index (χ0v) is 11.0. The summed E-state index contributed by atoms with van der Waals surface area (Å²) in [5, 5.41) is 29.3. The number of carboxylic acid groups (broad SMARTS) is 1. The van der Waals surface area contributed by atoms with Crippen molar-refractivity contribution in [2.24, 2.45) is 0 Å². The first kappa shape index (κ1) is 13.3. The summed E-state index contributed by atoms with van der Waals surface area (Å²) in [6.45, 7) is 3.61. The van der Waals surface area contributed by atoms with E-state index in [1.54, 1.807) is 6.92 Å². The number of nitrogens with one attached hydrogen (secondary N) is 1. The molecule has 2 N–H and O–H groups in total. The lowest BCUT2D eigenvalue weighted by molar-refractivity contribution is -0.138. The molecule has 0 bridgehead atoms. The molecule has 1 aliphatic rings. The molecule has 0 unspecified atom stereocenters. The van der Waals surface area contributed by atoms with Gasteiger partial charge in [0.25, 0.3) is 0 Å². The minimum absolute atomic E-state index is 0.0342. The van der Waals surface area contributed by atoms with Crippen LogP contribution in [0, 0.1) is 25.2 Å². The molecule has 0 atom stereocenters. The third kappa shape index (κ3) is 2.50. The van der Waals surface area contributed by atoms with E-state index in [0.29, 0.717) is 17.1 Å². The number of carbonyl (C=O) groups is 1. The van der Waals surface area contributed by atoms with Crippen LogP contribution in [-0.4, -0.2) is 26.8 Å². The van der Waals surface area contributed by atoms with Gasteiger partial charge in [0.15, 0.2) is 5.82 Å². The van der Waals surface area contributed by atoms with E-state index in [1.165, 1.54) is 0 Å². The first-order valence-electron chi connectivity index (χ1n) is 6.21. The summed E-state index contributed by atoms with van der Waals surface area (Å²) in [5.41, 5.74) is 1.46. The second kappa shape index (κ2) is 4.84. The van der Waals surface area contributed by atoms with Gasteiger partial charge in [0.05, 0.1) is 12.1 Å². The number of rotatable bonds is 4. The van der Waals surface area contributed by atoms with E-state index in [9.17, 15) is 10.1 Å². The van der Waals surface area contributed by atoms with Gasteiger partial charge in [-0.1, -0.05) is 0 Å². The number of carboxylic acids is 1. The van der Waals surface area contributed by atoms with E-state index in [2.05, 4.69) is 21.6 Å². The van der Waals surface area contributed by atoms with E-state index < -0.39 is 11.5 Å². The van der Waals surface area contributed by atoms with E-state index in [0.717, 1.165) is 24.8 Å². The highest BCUT2D eigenvalue weighted by Crippen LogP contribution is 2.38. The molecule has 1 heterocycles. The molecule has 0 radical (unpaired) electrons. The fraction of sp³-hybridized carbons (Fsp3) is 0.538. The van der Waals surface area contributed by atoms with Gasteiger partial charge in [0, 0.05) is 5.54 Å². The molecule has 6 heteroatoms. The SMILES string of the molecule is Cc1nnc(NC2(CC(=O)O)CCC2)c(C#N)c1C. The summed E-state index contributed by atoms with van der Waals surface area (Å²) in [7, 11) is 0. The summed E-state index contributed by atoms with van der Waals surface area (Å²) < 4.78 is 0. The number of aromatic nitrogens is 2. The third-order valence-corrected chi connectivity index (χ3v) is 3.75. The van der Waals surface area contributed by atoms with Gasteiger partial charge in [0.1, 0.15) is 11.6 Å². The Kier molecular flexibility index (Phi) is 3.38. The number of aryl methyl sites for hydroxylation is 1. The molecule has 1 saturated carbocycles. The van der Waals surface area contributed by atoms with Gasteiger partial charge >= 0.3 is 5.97 Å². The highest BCUT2D eigenvalue weighted by Gasteiger charge is 2.40. The quantitative estimate of drug-likeness (QED) is 0.856. The zero-order valence-electron chi connectivity index (χ0n) is 11.0. The fourth-order valence-corrected chi connectivity index (χ4v) is 2.32. The average Bonchev–Trinajstić information content (AvgIpc) is 2.31. The van der Waals surface area contributed by atoms with Crippen molar-refractivity contribution in [3.63, 3.8) is 0 Å². The van der Waals surface area contributed by atoms with Crippen molar-refractivity contribution in [1.82, 2.24) is 10.2 Å². The minimum atomic E-state index is -0.845. The predicted molar refractivity (Wildman–Crippen MR) is 68.7 cm³/mol. The molecule has 6 nitrogen and oxygen atoms in total. The maximum atomic E-state index is 10.9. The molecule has 0 saturated heterocycles. The molecular weight excluding hydrogens is 244 g/mol. The molecule has 1 fully saturated rings. The molecule has 0 amide bonds. The number of hydrogen-bond donors (Lipinski definition) is 2. The van der Waals surface area contributed by atoms with Crippen LogP contribution in [0.5, 0.6) is 0 Å². The molecule has 0 spiro atoms. The van der Waals surface area contributed by atoms with Crippen LogP contribution in [0.4, 0.5) is 5.82 Å². The van der Waals surface area contributed by atoms with Crippen LogP contribution in [0.15, 0.2) is 0 Å². The van der Waals surface area contributed by atoms with Crippen molar-refractivity contribution >= 4 is 11.8 Å². The van der Waals surface area contributed by atoms with Gasteiger partial charge in [0.2, 0.25) is 0 Å². The van der Waals surface area contributed by atoms with Gasteiger partial charge in [-0.3, -0.25) is 4.79 Å². The Bertz CT molecular complexity index is 558. The fourth-order valence-electron chi connectivity index (χ4n) is 2.32. The van der Waals surface area contributed by atoms with Gasteiger partial charge in [-0.15, -0.1) is 5.10 Å². The maximum Gasteiger partial charge on any atom is 0.305 e. The molecule has 0 aromatic carbocycles. The van der Waals surface area contributed by atoms with Crippen molar-refractivity contribution in [1.29, 1.82) is 5.26 Å². The Morgan fingerprint density at radius 3 is 2.63 bits per heavy atom. The van der Waals surface area contributed by atoms with Crippen LogP contribution in [-0.2, 0) is 4.79 Å². The Hall–Kier alpha value is -2.16. The van der Waals surface area contributed by atoms with Crippen molar-refractivity contribution in [2.75, 3.05) is 5.32 Å². The smallest absolute Gasteiger partial charge is 0.305 e. The first-order chi connectivity index (χ1) is 8.97. The summed E-state index contributed by atoms with van der Waals surface area (Å²) in [6, 6.07) is 2.12. The monoisotopic (exact) mass is 260 g/mol. The average molecular weight is 260 g/mol. The number of hydrogen-bond acceptors (Lipinski definition) is 5. The van der Waals surface area contributed by atoms with E-state index in [-0.39, 0.29) is 6.42 Å². The Labute approximate surface area is 111 Å². The van der Waals surface area contributed by atoms with Crippen LogP contribution in [0.1, 0.15) is 42.5 Å². The topological polar surface area (TPSA) is 98.9 Å². The lowest BCUT2D eigenvalue weighted by Crippen LogP contribution is -2.47. The standard InChI is InChI=1S/C13H16N4O2/c1-8-9(2)16-17-12(10(8)7-14)15-13(4-3-5-13)6-11(18)19/h3-6H2,1-2H3,(H,15,17)(H,18,19). The van der Waals surface area contributed by atoms with E-state index >= 15 is 0 Å². The van der Waals surface area contributed by atoms with Crippen LogP contribution < -0.4 is 5.32 Å². The molecule has 1 aromatic rings. The number of anilines is 1. The normalized spacial score (nSPS) is 16.3. The summed E-state index contributed by atoms with van der Waals surface area (Å²) in [6.07, 6.45) is 2.57. The number of aliphatic carboxylic acids is 1. The lowest BCUT2D eigenvalue weighted by Gasteiger charge is -2.42. The van der Waals surface area contributed by atoms with Gasteiger partial charge in [-0.25, -0.2) is 0 Å². The molecule has 1 aromatic heterocycles. The van der Waals surface area contributed by atoms with Gasteiger partial charge < -0.3 is 10.4 Å². The zero-order chi connectivity index (χ0) is 14.0. The van der Waals surface area contributed by atoms with Gasteiger partial charge in [-0.2, -0.15) is 10.4 Å². The first-order valence-corrected chi connectivity index (χ1v) is 6.21. The molecule has 2 rings (SSSR count). The van der Waals surface area contributed by atoms with Crippen LogP contribution in [0.2, 0.25) is 0 Å². The minimum Gasteiger partial charge on any atom is -0.481 e. The lowest BCUT2D eigenvalue weighted by atomic mass is 9.74. The van der Waals surface area contributed by atoms with Crippen LogP contribution in [0.3, 0.4) is 0 Å². The largest absolute Gasteiger partial charge is 0.481 e. The summed E-state index contributed by atoms with van der Waals surface area (Å²) in [5.74, 6) is -0.450. The number of nitriles is 1. The third-order valence-electron chi connectivity index (χ3n) is 3.75. The molecular formula is C13H16N4O2.